The zero-order chi connectivity index (χ0) is 13.2. The van der Waals surface area contributed by atoms with E-state index in [1.807, 2.05) is 0 Å². The van der Waals surface area contributed by atoms with E-state index >= 15 is 0 Å². The highest BCUT2D eigenvalue weighted by atomic mass is 15.1. The van der Waals surface area contributed by atoms with E-state index in [2.05, 4.69) is 49.9 Å². The number of anilines is 1. The van der Waals surface area contributed by atoms with Crippen LogP contribution in [0.1, 0.15) is 58.4 Å². The first-order valence-electron chi connectivity index (χ1n) is 7.65. The topological polar surface area (TPSA) is 3.24 Å². The zero-order valence-electron chi connectivity index (χ0n) is 12.4. The van der Waals surface area contributed by atoms with Crippen LogP contribution in [0, 0.1) is 0 Å². The van der Waals surface area contributed by atoms with Crippen LogP contribution >= 0.6 is 0 Å². The number of aryl methyl sites for hydroxylation is 1. The molecule has 0 bridgehead atoms. The Balaban J connectivity index is 2.35. The molecule has 0 heterocycles. The fourth-order valence-electron chi connectivity index (χ4n) is 2.39. The van der Waals surface area contributed by atoms with Crippen molar-refractivity contribution in [3.05, 3.63) is 29.8 Å². The Hall–Kier alpha value is -0.980. The smallest absolute Gasteiger partial charge is 0.0366 e. The number of hydrogen-bond acceptors (Lipinski definition) is 1. The van der Waals surface area contributed by atoms with Gasteiger partial charge in [0.1, 0.15) is 0 Å². The molecular formula is C17H29N. The number of nitrogens with zero attached hydrogens (tertiary/aromatic N) is 1. The van der Waals surface area contributed by atoms with E-state index in [-0.39, 0.29) is 0 Å². The van der Waals surface area contributed by atoms with Gasteiger partial charge in [0, 0.05) is 18.8 Å². The van der Waals surface area contributed by atoms with Crippen molar-refractivity contribution in [2.24, 2.45) is 0 Å². The predicted molar refractivity (Wildman–Crippen MR) is 82.5 cm³/mol. The average molecular weight is 247 g/mol. The summed E-state index contributed by atoms with van der Waals surface area (Å²) >= 11 is 0. The van der Waals surface area contributed by atoms with Crippen LogP contribution in [0.4, 0.5) is 5.69 Å². The maximum Gasteiger partial charge on any atom is 0.0366 e. The quantitative estimate of drug-likeness (QED) is 0.552. The third-order valence-corrected chi connectivity index (χ3v) is 3.63. The molecule has 0 saturated carbocycles. The summed E-state index contributed by atoms with van der Waals surface area (Å²) in [7, 11) is 0. The summed E-state index contributed by atoms with van der Waals surface area (Å²) < 4.78 is 0. The van der Waals surface area contributed by atoms with Gasteiger partial charge in [-0.1, -0.05) is 44.7 Å². The van der Waals surface area contributed by atoms with Gasteiger partial charge in [-0.2, -0.15) is 0 Å². The van der Waals surface area contributed by atoms with Crippen molar-refractivity contribution >= 4 is 5.69 Å². The second-order valence-corrected chi connectivity index (χ2v) is 5.00. The predicted octanol–water partition coefficient (Wildman–Crippen LogP) is 5.05. The van der Waals surface area contributed by atoms with Crippen molar-refractivity contribution in [2.75, 3.05) is 18.0 Å². The Kier molecular flexibility index (Phi) is 7.55. The van der Waals surface area contributed by atoms with Crippen molar-refractivity contribution in [2.45, 2.75) is 59.3 Å². The molecule has 0 aliphatic carbocycles. The van der Waals surface area contributed by atoms with Crippen molar-refractivity contribution in [1.82, 2.24) is 0 Å². The summed E-state index contributed by atoms with van der Waals surface area (Å²) in [6.07, 6.45) is 8.08. The largest absolute Gasteiger partial charge is 0.372 e. The lowest BCUT2D eigenvalue weighted by Crippen LogP contribution is -2.21. The molecule has 0 unspecified atom stereocenters. The van der Waals surface area contributed by atoms with Gasteiger partial charge in [0.15, 0.2) is 0 Å². The van der Waals surface area contributed by atoms with E-state index in [9.17, 15) is 0 Å². The summed E-state index contributed by atoms with van der Waals surface area (Å²) in [5, 5.41) is 0. The molecule has 18 heavy (non-hydrogen) atoms. The number of hydrogen-bond donors (Lipinski definition) is 0. The van der Waals surface area contributed by atoms with Crippen LogP contribution in [-0.4, -0.2) is 13.1 Å². The number of benzene rings is 1. The van der Waals surface area contributed by atoms with Crippen LogP contribution in [0.2, 0.25) is 0 Å². The van der Waals surface area contributed by atoms with Crippen LogP contribution in [0.5, 0.6) is 0 Å². The van der Waals surface area contributed by atoms with Gasteiger partial charge in [-0.15, -0.1) is 0 Å². The van der Waals surface area contributed by atoms with Gasteiger partial charge in [0.2, 0.25) is 0 Å². The van der Waals surface area contributed by atoms with E-state index in [0.717, 1.165) is 13.1 Å². The highest BCUT2D eigenvalue weighted by Crippen LogP contribution is 2.16. The molecule has 0 spiro atoms. The van der Waals surface area contributed by atoms with Crippen LogP contribution in [0.15, 0.2) is 24.3 Å². The minimum atomic E-state index is 1.09. The van der Waals surface area contributed by atoms with Gasteiger partial charge >= 0.3 is 0 Å². The SMILES string of the molecule is CCCCCCCc1ccc(N(CC)CC)cc1. The summed E-state index contributed by atoms with van der Waals surface area (Å²) in [5.41, 5.74) is 2.84. The lowest BCUT2D eigenvalue weighted by atomic mass is 10.1. The first-order chi connectivity index (χ1) is 8.81. The molecule has 0 fully saturated rings. The fourth-order valence-corrected chi connectivity index (χ4v) is 2.39. The van der Waals surface area contributed by atoms with Gasteiger partial charge in [-0.3, -0.25) is 0 Å². The van der Waals surface area contributed by atoms with Gasteiger partial charge in [-0.05, 0) is 44.4 Å². The van der Waals surface area contributed by atoms with Crippen LogP contribution in [0.3, 0.4) is 0 Å². The molecule has 1 heteroatoms. The molecule has 0 atom stereocenters. The molecule has 0 N–H and O–H groups in total. The number of rotatable bonds is 9. The lowest BCUT2D eigenvalue weighted by Gasteiger charge is -2.21. The molecule has 102 valence electrons. The van der Waals surface area contributed by atoms with Crippen LogP contribution < -0.4 is 4.90 Å². The third kappa shape index (κ3) is 5.12. The fraction of sp³-hybridized carbons (Fsp3) is 0.647. The summed E-state index contributed by atoms with van der Waals surface area (Å²) in [6.45, 7) is 8.88. The van der Waals surface area contributed by atoms with Gasteiger partial charge in [0.05, 0.1) is 0 Å². The Morgan fingerprint density at radius 3 is 1.94 bits per heavy atom. The maximum atomic E-state index is 2.39. The molecule has 0 aliphatic heterocycles. The molecular weight excluding hydrogens is 218 g/mol. The standard InChI is InChI=1S/C17H29N/c1-4-7-8-9-10-11-16-12-14-17(15-13-16)18(5-2)6-3/h12-15H,4-11H2,1-3H3. The Labute approximate surface area is 113 Å². The van der Waals surface area contributed by atoms with E-state index < -0.39 is 0 Å². The minimum Gasteiger partial charge on any atom is -0.372 e. The molecule has 1 rings (SSSR count). The van der Waals surface area contributed by atoms with Crippen molar-refractivity contribution in [3.63, 3.8) is 0 Å². The normalized spacial score (nSPS) is 10.6. The zero-order valence-corrected chi connectivity index (χ0v) is 12.4. The van der Waals surface area contributed by atoms with Gasteiger partial charge < -0.3 is 4.90 Å². The van der Waals surface area contributed by atoms with Crippen LogP contribution in [0.25, 0.3) is 0 Å². The third-order valence-electron chi connectivity index (χ3n) is 3.63. The molecule has 1 aromatic carbocycles. The van der Waals surface area contributed by atoms with Gasteiger partial charge in [0.25, 0.3) is 0 Å². The molecule has 0 aliphatic rings. The lowest BCUT2D eigenvalue weighted by molar-refractivity contribution is 0.632. The first-order valence-corrected chi connectivity index (χ1v) is 7.65. The molecule has 0 radical (unpaired) electrons. The highest BCUT2D eigenvalue weighted by molar-refractivity contribution is 5.47. The Morgan fingerprint density at radius 1 is 0.778 bits per heavy atom. The van der Waals surface area contributed by atoms with E-state index in [4.69, 9.17) is 0 Å². The molecule has 0 aromatic heterocycles. The molecule has 1 nitrogen and oxygen atoms in total. The van der Waals surface area contributed by atoms with Gasteiger partial charge in [-0.25, -0.2) is 0 Å². The molecule has 1 aromatic rings. The van der Waals surface area contributed by atoms with E-state index in [1.165, 1.54) is 49.8 Å². The summed E-state index contributed by atoms with van der Waals surface area (Å²) in [4.78, 5) is 2.39. The summed E-state index contributed by atoms with van der Waals surface area (Å²) in [6, 6.07) is 9.14. The monoisotopic (exact) mass is 247 g/mol. The highest BCUT2D eigenvalue weighted by Gasteiger charge is 2.01. The average Bonchev–Trinajstić information content (AvgIpc) is 2.41. The maximum absolute atomic E-state index is 2.39. The van der Waals surface area contributed by atoms with Crippen molar-refractivity contribution in [3.8, 4) is 0 Å². The molecule has 0 amide bonds. The number of unbranched alkanes of at least 4 members (excludes halogenated alkanes) is 4. The second-order valence-electron chi connectivity index (χ2n) is 5.00. The minimum absolute atomic E-state index is 1.09. The van der Waals surface area contributed by atoms with Crippen LogP contribution in [-0.2, 0) is 6.42 Å². The molecule has 0 saturated heterocycles. The van der Waals surface area contributed by atoms with E-state index in [1.54, 1.807) is 0 Å². The second kappa shape index (κ2) is 9.02. The van der Waals surface area contributed by atoms with Crippen molar-refractivity contribution < 1.29 is 0 Å². The Bertz CT molecular complexity index is 298. The van der Waals surface area contributed by atoms with Crippen molar-refractivity contribution in [1.29, 1.82) is 0 Å². The Morgan fingerprint density at radius 2 is 1.39 bits per heavy atom. The van der Waals surface area contributed by atoms with E-state index in [0.29, 0.717) is 0 Å². The first kappa shape index (κ1) is 15.1. The summed E-state index contributed by atoms with van der Waals surface area (Å²) in [5.74, 6) is 0.